The van der Waals surface area contributed by atoms with E-state index in [0.29, 0.717) is 5.41 Å². The van der Waals surface area contributed by atoms with Gasteiger partial charge in [0.1, 0.15) is 11.6 Å². The number of rotatable bonds is 5. The quantitative estimate of drug-likeness (QED) is 0.897. The third kappa shape index (κ3) is 5.53. The zero-order chi connectivity index (χ0) is 17.0. The van der Waals surface area contributed by atoms with Gasteiger partial charge in [-0.1, -0.05) is 20.8 Å². The predicted molar refractivity (Wildman–Crippen MR) is 98.6 cm³/mol. The Morgan fingerprint density at radius 3 is 2.35 bits per heavy atom. The lowest BCUT2D eigenvalue weighted by molar-refractivity contribution is 0.312. The Bertz CT molecular complexity index is 500. The van der Waals surface area contributed by atoms with Crippen molar-refractivity contribution in [2.45, 2.75) is 27.2 Å². The minimum Gasteiger partial charge on any atom is -0.370 e. The van der Waals surface area contributed by atoms with Gasteiger partial charge in [-0.2, -0.15) is 9.97 Å². The van der Waals surface area contributed by atoms with Crippen molar-refractivity contribution in [3.05, 3.63) is 6.07 Å². The highest BCUT2D eigenvalue weighted by atomic mass is 15.3. The summed E-state index contributed by atoms with van der Waals surface area (Å²) >= 11 is 0. The fraction of sp³-hybridized carbons (Fsp3) is 0.765. The third-order valence-electron chi connectivity index (χ3n) is 4.11. The molecule has 23 heavy (non-hydrogen) atoms. The molecule has 0 saturated carbocycles. The average molecular weight is 320 g/mol. The molecule has 0 aromatic carbocycles. The average Bonchev–Trinajstić information content (AvgIpc) is 2.46. The fourth-order valence-corrected chi connectivity index (χ4v) is 2.48. The first-order valence-electron chi connectivity index (χ1n) is 8.48. The first kappa shape index (κ1) is 17.8. The van der Waals surface area contributed by atoms with Crippen LogP contribution in [-0.2, 0) is 0 Å². The van der Waals surface area contributed by atoms with Crippen LogP contribution in [0.25, 0.3) is 0 Å². The molecular formula is C17H32N6. The molecule has 6 nitrogen and oxygen atoms in total. The maximum atomic E-state index is 4.72. The van der Waals surface area contributed by atoms with E-state index < -0.39 is 0 Å². The van der Waals surface area contributed by atoms with Crippen LogP contribution in [0, 0.1) is 5.41 Å². The van der Waals surface area contributed by atoms with Crippen LogP contribution in [-0.4, -0.2) is 68.7 Å². The third-order valence-corrected chi connectivity index (χ3v) is 4.11. The number of nitrogens with zero attached hydrogens (tertiary/aromatic N) is 5. The molecule has 1 N–H and O–H groups in total. The highest BCUT2D eigenvalue weighted by molar-refractivity contribution is 5.54. The van der Waals surface area contributed by atoms with E-state index in [1.807, 2.05) is 19.0 Å². The van der Waals surface area contributed by atoms with E-state index >= 15 is 0 Å². The van der Waals surface area contributed by atoms with Gasteiger partial charge in [0.25, 0.3) is 0 Å². The van der Waals surface area contributed by atoms with Crippen molar-refractivity contribution in [3.8, 4) is 0 Å². The van der Waals surface area contributed by atoms with Crippen molar-refractivity contribution in [1.29, 1.82) is 0 Å². The molecule has 2 rings (SSSR count). The van der Waals surface area contributed by atoms with Crippen molar-refractivity contribution in [2.75, 3.05) is 69.0 Å². The zero-order valence-corrected chi connectivity index (χ0v) is 15.6. The number of hydrogen-bond donors (Lipinski definition) is 1. The maximum Gasteiger partial charge on any atom is 0.228 e. The SMILES string of the molecule is CN1CCN(c2cc(NCCC(C)(C)C)nc(N(C)C)n2)CC1. The summed E-state index contributed by atoms with van der Waals surface area (Å²) in [6.45, 7) is 11.9. The highest BCUT2D eigenvalue weighted by Gasteiger charge is 2.18. The molecule has 0 aliphatic carbocycles. The summed E-state index contributed by atoms with van der Waals surface area (Å²) in [5.41, 5.74) is 0.324. The van der Waals surface area contributed by atoms with E-state index in [1.165, 1.54) is 0 Å². The second-order valence-corrected chi connectivity index (χ2v) is 7.83. The minimum absolute atomic E-state index is 0.324. The molecule has 1 aromatic rings. The van der Waals surface area contributed by atoms with Crippen molar-refractivity contribution in [2.24, 2.45) is 5.41 Å². The Morgan fingerprint density at radius 2 is 1.78 bits per heavy atom. The van der Waals surface area contributed by atoms with E-state index in [-0.39, 0.29) is 0 Å². The lowest BCUT2D eigenvalue weighted by atomic mass is 9.92. The fourth-order valence-electron chi connectivity index (χ4n) is 2.48. The molecule has 0 unspecified atom stereocenters. The first-order valence-corrected chi connectivity index (χ1v) is 8.48. The highest BCUT2D eigenvalue weighted by Crippen LogP contribution is 2.22. The van der Waals surface area contributed by atoms with Crippen LogP contribution in [0.4, 0.5) is 17.6 Å². The molecule has 6 heteroatoms. The lowest BCUT2D eigenvalue weighted by Gasteiger charge is -2.33. The van der Waals surface area contributed by atoms with Gasteiger partial charge in [0, 0.05) is 52.9 Å². The normalized spacial score (nSPS) is 16.5. The van der Waals surface area contributed by atoms with Gasteiger partial charge < -0.3 is 20.0 Å². The summed E-state index contributed by atoms with van der Waals surface area (Å²) in [5.74, 6) is 2.71. The van der Waals surface area contributed by atoms with Gasteiger partial charge in [-0.25, -0.2) is 0 Å². The van der Waals surface area contributed by atoms with Crippen LogP contribution in [0.1, 0.15) is 27.2 Å². The molecule has 0 bridgehead atoms. The van der Waals surface area contributed by atoms with Crippen molar-refractivity contribution < 1.29 is 0 Å². The van der Waals surface area contributed by atoms with Gasteiger partial charge in [-0.05, 0) is 18.9 Å². The molecule has 1 saturated heterocycles. The smallest absolute Gasteiger partial charge is 0.228 e. The lowest BCUT2D eigenvalue weighted by Crippen LogP contribution is -2.45. The summed E-state index contributed by atoms with van der Waals surface area (Å²) in [4.78, 5) is 16.0. The van der Waals surface area contributed by atoms with Crippen LogP contribution in [0.15, 0.2) is 6.07 Å². The zero-order valence-electron chi connectivity index (χ0n) is 15.6. The Balaban J connectivity index is 2.12. The van der Waals surface area contributed by atoms with E-state index in [9.17, 15) is 0 Å². The molecule has 1 aromatic heterocycles. The van der Waals surface area contributed by atoms with Crippen LogP contribution in [0.2, 0.25) is 0 Å². The van der Waals surface area contributed by atoms with Gasteiger partial charge in [0.05, 0.1) is 0 Å². The Labute approximate surface area is 140 Å². The summed E-state index contributed by atoms with van der Waals surface area (Å²) in [6, 6.07) is 2.08. The van der Waals surface area contributed by atoms with Crippen LogP contribution in [0.3, 0.4) is 0 Å². The monoisotopic (exact) mass is 320 g/mol. The number of nitrogens with one attached hydrogen (secondary N) is 1. The summed E-state index contributed by atoms with van der Waals surface area (Å²) < 4.78 is 0. The maximum absolute atomic E-state index is 4.72. The number of likely N-dealkylation sites (N-methyl/N-ethyl adjacent to an activating group) is 1. The van der Waals surface area contributed by atoms with E-state index in [1.54, 1.807) is 0 Å². The van der Waals surface area contributed by atoms with E-state index in [0.717, 1.165) is 56.7 Å². The summed E-state index contributed by atoms with van der Waals surface area (Å²) in [6.07, 6.45) is 1.11. The molecule has 0 amide bonds. The van der Waals surface area contributed by atoms with Crippen molar-refractivity contribution in [1.82, 2.24) is 14.9 Å². The molecule has 1 aliphatic rings. The van der Waals surface area contributed by atoms with E-state index in [4.69, 9.17) is 4.98 Å². The topological polar surface area (TPSA) is 47.5 Å². The Kier molecular flexibility index (Phi) is 5.68. The summed E-state index contributed by atoms with van der Waals surface area (Å²) in [5, 5.41) is 3.47. The number of anilines is 3. The van der Waals surface area contributed by atoms with Gasteiger partial charge in [-0.15, -0.1) is 0 Å². The molecule has 2 heterocycles. The van der Waals surface area contributed by atoms with Gasteiger partial charge in [0.15, 0.2) is 0 Å². The van der Waals surface area contributed by atoms with Crippen LogP contribution in [0.5, 0.6) is 0 Å². The van der Waals surface area contributed by atoms with Crippen molar-refractivity contribution in [3.63, 3.8) is 0 Å². The molecular weight excluding hydrogens is 288 g/mol. The van der Waals surface area contributed by atoms with E-state index in [2.05, 4.69) is 54.0 Å². The molecule has 0 radical (unpaired) electrons. The molecule has 0 atom stereocenters. The molecule has 1 aliphatic heterocycles. The van der Waals surface area contributed by atoms with Gasteiger partial charge >= 0.3 is 0 Å². The molecule has 1 fully saturated rings. The second-order valence-electron chi connectivity index (χ2n) is 7.83. The molecule has 0 spiro atoms. The number of aromatic nitrogens is 2. The minimum atomic E-state index is 0.324. The van der Waals surface area contributed by atoms with Crippen LogP contribution >= 0.6 is 0 Å². The molecule has 130 valence electrons. The summed E-state index contributed by atoms with van der Waals surface area (Å²) in [7, 11) is 6.14. The number of hydrogen-bond acceptors (Lipinski definition) is 6. The first-order chi connectivity index (χ1) is 10.7. The Hall–Kier alpha value is -1.56. The van der Waals surface area contributed by atoms with Crippen LogP contribution < -0.4 is 15.1 Å². The van der Waals surface area contributed by atoms with Gasteiger partial charge in [0.2, 0.25) is 5.95 Å². The Morgan fingerprint density at radius 1 is 1.13 bits per heavy atom. The van der Waals surface area contributed by atoms with Gasteiger partial charge in [-0.3, -0.25) is 0 Å². The second kappa shape index (κ2) is 7.34. The predicted octanol–water partition coefficient (Wildman–Crippen LogP) is 2.14. The largest absolute Gasteiger partial charge is 0.370 e. The van der Waals surface area contributed by atoms with Crippen molar-refractivity contribution >= 4 is 17.6 Å². The standard InChI is InChI=1S/C17H32N6/c1-17(2,3)7-8-18-14-13-15(20-16(19-14)21(4)5)23-11-9-22(6)10-12-23/h13H,7-12H2,1-6H3,(H,18,19,20). The number of piperazine rings is 1.